The summed E-state index contributed by atoms with van der Waals surface area (Å²) in [6.07, 6.45) is 1.70. The van der Waals surface area contributed by atoms with Crippen LogP contribution >= 0.6 is 0 Å². The van der Waals surface area contributed by atoms with Gasteiger partial charge in [0.2, 0.25) is 9.84 Å². The minimum atomic E-state index is -3.51. The monoisotopic (exact) mass is 303 g/mol. The Hall–Kier alpha value is -1.85. The normalized spacial score (nSPS) is 17.9. The van der Waals surface area contributed by atoms with E-state index < -0.39 is 9.84 Å². The molecule has 110 valence electrons. The van der Waals surface area contributed by atoms with Crippen LogP contribution < -0.4 is 10.5 Å². The first-order chi connectivity index (χ1) is 10.1. The molecule has 0 saturated carbocycles. The Labute approximate surface area is 124 Å². The summed E-state index contributed by atoms with van der Waals surface area (Å²) in [4.78, 5) is 0.543. The van der Waals surface area contributed by atoms with Gasteiger partial charge in [-0.05, 0) is 42.7 Å². The number of rotatable bonds is 3. The maximum absolute atomic E-state index is 12.6. The zero-order chi connectivity index (χ0) is 14.9. The highest BCUT2D eigenvalue weighted by atomic mass is 32.2. The van der Waals surface area contributed by atoms with E-state index in [1.165, 1.54) is 0 Å². The van der Waals surface area contributed by atoms with Gasteiger partial charge in [0.15, 0.2) is 0 Å². The lowest BCUT2D eigenvalue weighted by molar-refractivity contribution is 0.181. The highest BCUT2D eigenvalue weighted by molar-refractivity contribution is 7.91. The molecule has 3 rings (SSSR count). The van der Waals surface area contributed by atoms with Gasteiger partial charge in [-0.15, -0.1) is 0 Å². The van der Waals surface area contributed by atoms with Crippen LogP contribution in [0.1, 0.15) is 12.0 Å². The first kappa shape index (κ1) is 14.1. The van der Waals surface area contributed by atoms with E-state index >= 15 is 0 Å². The maximum atomic E-state index is 12.6. The van der Waals surface area contributed by atoms with Crippen LogP contribution in [0.15, 0.2) is 58.3 Å². The molecule has 1 atom stereocenters. The summed E-state index contributed by atoms with van der Waals surface area (Å²) < 4.78 is 30.9. The molecule has 0 amide bonds. The van der Waals surface area contributed by atoms with Crippen LogP contribution in [0.2, 0.25) is 0 Å². The number of aryl methyl sites for hydroxylation is 1. The van der Waals surface area contributed by atoms with Crippen LogP contribution in [0.25, 0.3) is 0 Å². The van der Waals surface area contributed by atoms with Gasteiger partial charge < -0.3 is 10.5 Å². The Morgan fingerprint density at radius 2 is 1.86 bits per heavy atom. The number of hydrogen-bond donors (Lipinski definition) is 1. The van der Waals surface area contributed by atoms with Crippen LogP contribution in [0.4, 0.5) is 0 Å². The van der Waals surface area contributed by atoms with E-state index in [1.54, 1.807) is 42.5 Å². The molecular formula is C16H17NO3S. The molecule has 2 N–H and O–H groups in total. The van der Waals surface area contributed by atoms with E-state index in [1.807, 2.05) is 6.07 Å². The summed E-state index contributed by atoms with van der Waals surface area (Å²) in [7, 11) is -3.51. The lowest BCUT2D eigenvalue weighted by atomic mass is 10.0. The molecule has 1 unspecified atom stereocenters. The molecule has 0 fully saturated rings. The Morgan fingerprint density at radius 1 is 1.10 bits per heavy atom. The topological polar surface area (TPSA) is 69.4 Å². The predicted octanol–water partition coefficient (Wildman–Crippen LogP) is 2.17. The maximum Gasteiger partial charge on any atom is 0.206 e. The summed E-state index contributed by atoms with van der Waals surface area (Å²) >= 11 is 0. The van der Waals surface area contributed by atoms with Gasteiger partial charge in [0.05, 0.1) is 9.79 Å². The van der Waals surface area contributed by atoms with E-state index in [9.17, 15) is 8.42 Å². The van der Waals surface area contributed by atoms with Gasteiger partial charge in [-0.3, -0.25) is 0 Å². The van der Waals surface area contributed by atoms with Crippen molar-refractivity contribution in [3.05, 3.63) is 54.1 Å². The predicted molar refractivity (Wildman–Crippen MR) is 80.1 cm³/mol. The molecule has 1 aliphatic heterocycles. The minimum absolute atomic E-state index is 0.0350. The lowest BCUT2D eigenvalue weighted by Gasteiger charge is -2.25. The van der Waals surface area contributed by atoms with Crippen molar-refractivity contribution in [1.29, 1.82) is 0 Å². The number of nitrogens with two attached hydrogens (primary N) is 1. The van der Waals surface area contributed by atoms with Crippen molar-refractivity contribution < 1.29 is 13.2 Å². The second kappa shape index (κ2) is 5.50. The molecule has 0 aromatic heterocycles. The fraction of sp³-hybridized carbons (Fsp3) is 0.250. The SMILES string of the molecule is NCC1CCc2ccc(S(=O)(=O)c3ccccc3)cc2O1. The fourth-order valence-electron chi connectivity index (χ4n) is 2.47. The second-order valence-corrected chi connectivity index (χ2v) is 7.05. The van der Waals surface area contributed by atoms with Gasteiger partial charge in [-0.1, -0.05) is 24.3 Å². The smallest absolute Gasteiger partial charge is 0.206 e. The lowest BCUT2D eigenvalue weighted by Crippen LogP contribution is -2.30. The van der Waals surface area contributed by atoms with Crippen molar-refractivity contribution in [3.63, 3.8) is 0 Å². The highest BCUT2D eigenvalue weighted by Gasteiger charge is 2.23. The number of sulfone groups is 1. The van der Waals surface area contributed by atoms with Crippen LogP contribution in [0.3, 0.4) is 0 Å². The summed E-state index contributed by atoms with van der Waals surface area (Å²) in [5.41, 5.74) is 6.67. The number of benzene rings is 2. The van der Waals surface area contributed by atoms with Crippen molar-refractivity contribution >= 4 is 9.84 Å². The van der Waals surface area contributed by atoms with Crippen LogP contribution in [-0.4, -0.2) is 21.1 Å². The molecule has 0 bridgehead atoms. The third-order valence-corrected chi connectivity index (χ3v) is 5.46. The molecular weight excluding hydrogens is 286 g/mol. The summed E-state index contributed by atoms with van der Waals surface area (Å²) in [6, 6.07) is 13.5. The zero-order valence-electron chi connectivity index (χ0n) is 11.5. The summed E-state index contributed by atoms with van der Waals surface area (Å²) in [6.45, 7) is 0.440. The van der Waals surface area contributed by atoms with Gasteiger partial charge in [0.25, 0.3) is 0 Å². The van der Waals surface area contributed by atoms with Crippen molar-refractivity contribution in [2.24, 2.45) is 5.73 Å². The van der Waals surface area contributed by atoms with E-state index in [-0.39, 0.29) is 15.9 Å². The third kappa shape index (κ3) is 2.66. The van der Waals surface area contributed by atoms with Gasteiger partial charge in [0, 0.05) is 6.54 Å². The van der Waals surface area contributed by atoms with Crippen molar-refractivity contribution in [3.8, 4) is 5.75 Å². The minimum Gasteiger partial charge on any atom is -0.489 e. The molecule has 0 saturated heterocycles. The molecule has 0 radical (unpaired) electrons. The Kier molecular flexibility index (Phi) is 3.69. The van der Waals surface area contributed by atoms with E-state index in [2.05, 4.69) is 0 Å². The number of hydrogen-bond acceptors (Lipinski definition) is 4. The number of fused-ring (bicyclic) bond motifs is 1. The van der Waals surface area contributed by atoms with Gasteiger partial charge in [-0.25, -0.2) is 8.42 Å². The average molecular weight is 303 g/mol. The zero-order valence-corrected chi connectivity index (χ0v) is 12.3. The Balaban J connectivity index is 2.01. The van der Waals surface area contributed by atoms with Crippen molar-refractivity contribution in [1.82, 2.24) is 0 Å². The molecule has 4 nitrogen and oxygen atoms in total. The van der Waals surface area contributed by atoms with Gasteiger partial charge >= 0.3 is 0 Å². The largest absolute Gasteiger partial charge is 0.489 e. The Bertz CT molecular complexity index is 741. The van der Waals surface area contributed by atoms with E-state index in [0.717, 1.165) is 18.4 Å². The van der Waals surface area contributed by atoms with E-state index in [4.69, 9.17) is 10.5 Å². The van der Waals surface area contributed by atoms with E-state index in [0.29, 0.717) is 12.3 Å². The molecule has 5 heteroatoms. The highest BCUT2D eigenvalue weighted by Crippen LogP contribution is 2.31. The third-order valence-electron chi connectivity index (χ3n) is 3.69. The fourth-order valence-corrected chi connectivity index (χ4v) is 3.77. The summed E-state index contributed by atoms with van der Waals surface area (Å²) in [5.74, 6) is 0.633. The molecule has 1 heterocycles. The molecule has 2 aromatic rings. The van der Waals surface area contributed by atoms with Crippen molar-refractivity contribution in [2.45, 2.75) is 28.7 Å². The molecule has 1 aliphatic rings. The van der Waals surface area contributed by atoms with Crippen LogP contribution in [-0.2, 0) is 16.3 Å². The van der Waals surface area contributed by atoms with Crippen LogP contribution in [0.5, 0.6) is 5.75 Å². The van der Waals surface area contributed by atoms with Gasteiger partial charge in [0.1, 0.15) is 11.9 Å². The van der Waals surface area contributed by atoms with Crippen LogP contribution in [0, 0.1) is 0 Å². The average Bonchev–Trinajstić information content (AvgIpc) is 2.54. The molecule has 0 spiro atoms. The molecule has 2 aromatic carbocycles. The standard InChI is InChI=1S/C16H17NO3S/c17-11-13-8-6-12-7-9-15(10-16(12)20-13)21(18,19)14-4-2-1-3-5-14/h1-5,7,9-10,13H,6,8,11,17H2. The first-order valence-electron chi connectivity index (χ1n) is 6.91. The molecule has 0 aliphatic carbocycles. The number of ether oxygens (including phenoxy) is 1. The Morgan fingerprint density at radius 3 is 2.57 bits per heavy atom. The summed E-state index contributed by atoms with van der Waals surface area (Å²) in [5, 5.41) is 0. The molecule has 21 heavy (non-hydrogen) atoms. The van der Waals surface area contributed by atoms with Crippen molar-refractivity contribution in [2.75, 3.05) is 6.54 Å². The second-order valence-electron chi connectivity index (χ2n) is 5.10. The van der Waals surface area contributed by atoms with Gasteiger partial charge in [-0.2, -0.15) is 0 Å². The quantitative estimate of drug-likeness (QED) is 0.943. The first-order valence-corrected chi connectivity index (χ1v) is 8.39.